The molecule has 3 aromatic rings. The Morgan fingerprint density at radius 1 is 1.08 bits per heavy atom. The second-order valence-corrected chi connectivity index (χ2v) is 6.10. The van der Waals surface area contributed by atoms with Gasteiger partial charge in [0.25, 0.3) is 0 Å². The normalized spacial score (nSPS) is 10.4. The van der Waals surface area contributed by atoms with Crippen LogP contribution < -0.4 is 10.2 Å². The summed E-state index contributed by atoms with van der Waals surface area (Å²) in [6, 6.07) is 17.6. The van der Waals surface area contributed by atoms with Crippen molar-refractivity contribution in [2.75, 3.05) is 16.8 Å². The fraction of sp³-hybridized carbons (Fsp3) is 0.190. The Balaban J connectivity index is 1.84. The van der Waals surface area contributed by atoms with E-state index in [1.54, 1.807) is 25.4 Å². The molecule has 0 unspecified atom stereocenters. The molecule has 5 nitrogen and oxygen atoms in total. The predicted octanol–water partition coefficient (Wildman–Crippen LogP) is 4.89. The molecule has 1 heterocycles. The highest BCUT2D eigenvalue weighted by molar-refractivity contribution is 5.94. The SMILES string of the molecule is CCN(c1cccc(C)c1)c1cc(Nc2ccc(C(C)=O)cc2)ncn1. The number of aromatic nitrogens is 2. The van der Waals surface area contributed by atoms with Gasteiger partial charge in [0, 0.05) is 29.5 Å². The Kier molecular flexibility index (Phi) is 5.27. The van der Waals surface area contributed by atoms with Crippen molar-refractivity contribution in [2.24, 2.45) is 0 Å². The maximum Gasteiger partial charge on any atom is 0.159 e. The van der Waals surface area contributed by atoms with E-state index >= 15 is 0 Å². The second kappa shape index (κ2) is 7.78. The van der Waals surface area contributed by atoms with E-state index in [0.29, 0.717) is 11.4 Å². The van der Waals surface area contributed by atoms with Crippen molar-refractivity contribution < 1.29 is 4.79 Å². The summed E-state index contributed by atoms with van der Waals surface area (Å²) in [5, 5.41) is 3.26. The third kappa shape index (κ3) is 4.06. The summed E-state index contributed by atoms with van der Waals surface area (Å²) in [6.07, 6.45) is 1.56. The first-order valence-corrected chi connectivity index (χ1v) is 8.61. The second-order valence-electron chi connectivity index (χ2n) is 6.10. The van der Waals surface area contributed by atoms with E-state index in [1.165, 1.54) is 5.56 Å². The van der Waals surface area contributed by atoms with Crippen molar-refractivity contribution in [3.05, 3.63) is 72.1 Å². The van der Waals surface area contributed by atoms with Gasteiger partial charge in [-0.1, -0.05) is 12.1 Å². The van der Waals surface area contributed by atoms with Crippen LogP contribution in [0.5, 0.6) is 0 Å². The molecule has 1 N–H and O–H groups in total. The van der Waals surface area contributed by atoms with E-state index in [4.69, 9.17) is 0 Å². The third-order valence-electron chi connectivity index (χ3n) is 4.12. The first kappa shape index (κ1) is 17.6. The van der Waals surface area contributed by atoms with Gasteiger partial charge in [-0.2, -0.15) is 0 Å². The summed E-state index contributed by atoms with van der Waals surface area (Å²) >= 11 is 0. The lowest BCUT2D eigenvalue weighted by atomic mass is 10.1. The first-order chi connectivity index (χ1) is 12.6. The van der Waals surface area contributed by atoms with Crippen molar-refractivity contribution in [3.63, 3.8) is 0 Å². The molecule has 0 aliphatic heterocycles. The molecule has 1 aromatic heterocycles. The smallest absolute Gasteiger partial charge is 0.159 e. The van der Waals surface area contributed by atoms with E-state index in [2.05, 4.69) is 52.2 Å². The van der Waals surface area contributed by atoms with E-state index in [9.17, 15) is 4.79 Å². The van der Waals surface area contributed by atoms with Gasteiger partial charge in [-0.05, 0) is 62.7 Å². The van der Waals surface area contributed by atoms with Crippen LogP contribution in [-0.4, -0.2) is 22.3 Å². The minimum Gasteiger partial charge on any atom is -0.340 e. The summed E-state index contributed by atoms with van der Waals surface area (Å²) in [4.78, 5) is 22.2. The number of nitrogens with one attached hydrogen (secondary N) is 1. The lowest BCUT2D eigenvalue weighted by Gasteiger charge is -2.22. The highest BCUT2D eigenvalue weighted by atomic mass is 16.1. The topological polar surface area (TPSA) is 58.1 Å². The number of carbonyl (C=O) groups excluding carboxylic acids is 1. The molecule has 0 aliphatic carbocycles. The predicted molar refractivity (Wildman–Crippen MR) is 106 cm³/mol. The number of rotatable bonds is 6. The molecule has 0 fully saturated rings. The molecular weight excluding hydrogens is 324 g/mol. The van der Waals surface area contributed by atoms with E-state index < -0.39 is 0 Å². The Morgan fingerprint density at radius 2 is 1.85 bits per heavy atom. The summed E-state index contributed by atoms with van der Waals surface area (Å²) < 4.78 is 0. The Hall–Kier alpha value is -3.21. The lowest BCUT2D eigenvalue weighted by Crippen LogP contribution is -2.17. The number of Topliss-reactive ketones (excluding diaryl/α,β-unsaturated/α-hetero) is 1. The zero-order valence-corrected chi connectivity index (χ0v) is 15.2. The minimum atomic E-state index is 0.0533. The van der Waals surface area contributed by atoms with Gasteiger partial charge in [-0.15, -0.1) is 0 Å². The van der Waals surface area contributed by atoms with Crippen molar-refractivity contribution in [2.45, 2.75) is 20.8 Å². The minimum absolute atomic E-state index is 0.0533. The highest BCUT2D eigenvalue weighted by Gasteiger charge is 2.10. The van der Waals surface area contributed by atoms with Gasteiger partial charge in [-0.3, -0.25) is 4.79 Å². The van der Waals surface area contributed by atoms with Crippen LogP contribution in [-0.2, 0) is 0 Å². The molecule has 0 bridgehead atoms. The standard InChI is InChI=1S/C21H22N4O/c1-4-25(19-7-5-6-15(2)12-19)21-13-20(22-14-23-21)24-18-10-8-17(9-11-18)16(3)26/h5-14H,4H2,1-3H3,(H,22,23,24). The van der Waals surface area contributed by atoms with Gasteiger partial charge in [-0.25, -0.2) is 9.97 Å². The molecule has 0 spiro atoms. The van der Waals surface area contributed by atoms with Crippen LogP contribution in [0.4, 0.5) is 23.0 Å². The average molecular weight is 346 g/mol. The van der Waals surface area contributed by atoms with Gasteiger partial charge in [0.1, 0.15) is 18.0 Å². The molecule has 0 aliphatic rings. The number of anilines is 4. The van der Waals surface area contributed by atoms with E-state index in [0.717, 1.165) is 23.7 Å². The zero-order valence-electron chi connectivity index (χ0n) is 15.2. The molecule has 26 heavy (non-hydrogen) atoms. The van der Waals surface area contributed by atoms with Gasteiger partial charge in [0.15, 0.2) is 5.78 Å². The number of benzene rings is 2. The zero-order chi connectivity index (χ0) is 18.5. The van der Waals surface area contributed by atoms with Crippen LogP contribution >= 0.6 is 0 Å². The van der Waals surface area contributed by atoms with Gasteiger partial charge < -0.3 is 10.2 Å². The Labute approximate surface area is 153 Å². The largest absolute Gasteiger partial charge is 0.340 e. The molecule has 0 saturated carbocycles. The van der Waals surface area contributed by atoms with Crippen molar-refractivity contribution in [3.8, 4) is 0 Å². The number of hydrogen-bond donors (Lipinski definition) is 1. The third-order valence-corrected chi connectivity index (χ3v) is 4.12. The number of aryl methyl sites for hydroxylation is 1. The molecule has 3 rings (SSSR count). The maximum absolute atomic E-state index is 11.4. The van der Waals surface area contributed by atoms with Crippen molar-refractivity contribution in [1.29, 1.82) is 0 Å². The number of hydrogen-bond acceptors (Lipinski definition) is 5. The van der Waals surface area contributed by atoms with Gasteiger partial charge >= 0.3 is 0 Å². The summed E-state index contributed by atoms with van der Waals surface area (Å²) in [7, 11) is 0. The van der Waals surface area contributed by atoms with Crippen molar-refractivity contribution in [1.82, 2.24) is 9.97 Å². The van der Waals surface area contributed by atoms with Crippen LogP contribution in [0.15, 0.2) is 60.9 Å². The highest BCUT2D eigenvalue weighted by Crippen LogP contribution is 2.26. The molecule has 0 amide bonds. The van der Waals surface area contributed by atoms with Crippen molar-refractivity contribution >= 4 is 28.8 Å². The number of ketones is 1. The van der Waals surface area contributed by atoms with Crippen LogP contribution in [0.1, 0.15) is 29.8 Å². The van der Waals surface area contributed by atoms with E-state index in [1.807, 2.05) is 24.3 Å². The number of nitrogens with zero attached hydrogens (tertiary/aromatic N) is 3. The average Bonchev–Trinajstić information content (AvgIpc) is 2.63. The molecule has 0 atom stereocenters. The molecule has 5 heteroatoms. The van der Waals surface area contributed by atoms with Crippen LogP contribution in [0.3, 0.4) is 0 Å². The van der Waals surface area contributed by atoms with Gasteiger partial charge in [0.2, 0.25) is 0 Å². The van der Waals surface area contributed by atoms with Gasteiger partial charge in [0.05, 0.1) is 0 Å². The summed E-state index contributed by atoms with van der Waals surface area (Å²) in [5.41, 5.74) is 3.87. The summed E-state index contributed by atoms with van der Waals surface area (Å²) in [5.74, 6) is 1.59. The lowest BCUT2D eigenvalue weighted by molar-refractivity contribution is 0.101. The molecule has 132 valence electrons. The van der Waals surface area contributed by atoms with Crippen LogP contribution in [0.2, 0.25) is 0 Å². The Bertz CT molecular complexity index is 906. The number of carbonyl (C=O) groups is 1. The Morgan fingerprint density at radius 3 is 2.50 bits per heavy atom. The molecule has 0 saturated heterocycles. The fourth-order valence-electron chi connectivity index (χ4n) is 2.77. The maximum atomic E-state index is 11.4. The first-order valence-electron chi connectivity index (χ1n) is 8.61. The molecular formula is C21H22N4O. The van der Waals surface area contributed by atoms with Crippen LogP contribution in [0, 0.1) is 6.92 Å². The van der Waals surface area contributed by atoms with E-state index in [-0.39, 0.29) is 5.78 Å². The molecule has 0 radical (unpaired) electrons. The fourth-order valence-corrected chi connectivity index (χ4v) is 2.77. The molecule has 2 aromatic carbocycles. The monoisotopic (exact) mass is 346 g/mol. The van der Waals surface area contributed by atoms with Crippen LogP contribution in [0.25, 0.3) is 0 Å². The quantitative estimate of drug-likeness (QED) is 0.644. The summed E-state index contributed by atoms with van der Waals surface area (Å²) in [6.45, 7) is 6.53.